The van der Waals surface area contributed by atoms with E-state index in [4.69, 9.17) is 4.79 Å². The molecule has 1 saturated carbocycles. The molecule has 0 radical (unpaired) electrons. The van der Waals surface area contributed by atoms with Crippen molar-refractivity contribution >= 4 is 11.9 Å². The Hall–Kier alpha value is -2.41. The smallest absolute Gasteiger partial charge is 0.116 e. The first-order valence-electron chi connectivity index (χ1n) is 10.0. The van der Waals surface area contributed by atoms with Crippen LogP contribution in [-0.2, 0) is 4.79 Å². The molecule has 0 heterocycles. The zero-order valence-electron chi connectivity index (χ0n) is 17.0. The van der Waals surface area contributed by atoms with Gasteiger partial charge in [-0.05, 0) is 72.9 Å². The maximum Gasteiger partial charge on any atom is 0.116 e. The molecule has 0 N–H and O–H groups in total. The summed E-state index contributed by atoms with van der Waals surface area (Å²) in [4.78, 5) is 8.81. The second-order valence-corrected chi connectivity index (χ2v) is 7.31. The van der Waals surface area contributed by atoms with E-state index in [-0.39, 0.29) is 0 Å². The zero-order chi connectivity index (χ0) is 19.6. The van der Waals surface area contributed by atoms with Gasteiger partial charge in [-0.3, -0.25) is 0 Å². The number of rotatable bonds is 4. The van der Waals surface area contributed by atoms with Gasteiger partial charge in [0.15, 0.2) is 0 Å². The highest BCUT2D eigenvalue weighted by Gasteiger charge is 2.15. The predicted molar refractivity (Wildman–Crippen MR) is 118 cm³/mol. The molecule has 2 aromatic carbocycles. The van der Waals surface area contributed by atoms with Gasteiger partial charge >= 0.3 is 0 Å². The second kappa shape index (κ2) is 10.7. The van der Waals surface area contributed by atoms with E-state index in [1.165, 1.54) is 72.4 Å². The predicted octanol–water partition coefficient (Wildman–Crippen LogP) is 7.50. The van der Waals surface area contributed by atoms with E-state index < -0.39 is 0 Å². The molecule has 0 aromatic heterocycles. The Kier molecular flexibility index (Phi) is 8.26. The first kappa shape index (κ1) is 20.9. The van der Waals surface area contributed by atoms with Gasteiger partial charge in [-0.2, -0.15) is 0 Å². The van der Waals surface area contributed by atoms with Gasteiger partial charge in [-0.25, -0.2) is 0 Å². The summed E-state index contributed by atoms with van der Waals surface area (Å²) < 4.78 is 0. The third-order valence-corrected chi connectivity index (χ3v) is 5.34. The average molecular weight is 361 g/mol. The number of hydrogen-bond donors (Lipinski definition) is 0. The van der Waals surface area contributed by atoms with E-state index in [2.05, 4.69) is 69.0 Å². The van der Waals surface area contributed by atoms with Crippen molar-refractivity contribution in [3.05, 3.63) is 77.9 Å². The molecule has 2 aromatic rings. The van der Waals surface area contributed by atoms with Crippen LogP contribution in [0.25, 0.3) is 16.7 Å². The quantitative estimate of drug-likeness (QED) is 0.407. The van der Waals surface area contributed by atoms with Crippen molar-refractivity contribution in [2.45, 2.75) is 58.8 Å². The minimum Gasteiger partial charge on any atom is -0.304 e. The van der Waals surface area contributed by atoms with Gasteiger partial charge in [0.05, 0.1) is 0 Å². The fraction of sp³-hybridized carbons (Fsp3) is 0.346. The molecule has 0 atom stereocenters. The Morgan fingerprint density at radius 2 is 1.59 bits per heavy atom. The molecule has 0 bridgehead atoms. The molecule has 0 saturated heterocycles. The van der Waals surface area contributed by atoms with Gasteiger partial charge in [0.25, 0.3) is 0 Å². The van der Waals surface area contributed by atoms with Gasteiger partial charge in [0.2, 0.25) is 0 Å². The Balaban J connectivity index is 0.000000817. The molecular formula is C26H32O. The maximum atomic E-state index is 8.81. The van der Waals surface area contributed by atoms with Crippen LogP contribution in [0, 0.1) is 6.92 Å². The van der Waals surface area contributed by atoms with Crippen molar-refractivity contribution in [2.24, 2.45) is 0 Å². The Morgan fingerprint density at radius 3 is 2.15 bits per heavy atom. The van der Waals surface area contributed by atoms with Crippen molar-refractivity contribution in [3.8, 4) is 11.1 Å². The maximum absolute atomic E-state index is 8.81. The summed E-state index contributed by atoms with van der Waals surface area (Å²) in [7, 11) is 0. The first-order valence-corrected chi connectivity index (χ1v) is 10.0. The van der Waals surface area contributed by atoms with Crippen LogP contribution in [0.1, 0.15) is 68.6 Å². The van der Waals surface area contributed by atoms with Gasteiger partial charge in [-0.1, -0.05) is 80.5 Å². The summed E-state index contributed by atoms with van der Waals surface area (Å²) in [6.07, 6.45) is 11.6. The molecule has 3 rings (SSSR count). The molecule has 1 aliphatic rings. The van der Waals surface area contributed by atoms with Crippen LogP contribution >= 0.6 is 0 Å². The van der Waals surface area contributed by atoms with Crippen LogP contribution in [0.3, 0.4) is 0 Å². The molecule has 142 valence electrons. The van der Waals surface area contributed by atoms with Gasteiger partial charge in [0, 0.05) is 0 Å². The SMILES string of the molecule is C=C/C=C(/C)c1ccc(-c2ccc(C3CCCCC3)cc2)cc1C.CC=O. The van der Waals surface area contributed by atoms with Crippen LogP contribution in [-0.4, -0.2) is 6.29 Å². The van der Waals surface area contributed by atoms with Crippen LogP contribution < -0.4 is 0 Å². The third kappa shape index (κ3) is 5.79. The molecule has 0 aliphatic heterocycles. The summed E-state index contributed by atoms with van der Waals surface area (Å²) >= 11 is 0. The highest BCUT2D eigenvalue weighted by atomic mass is 16.1. The largest absolute Gasteiger partial charge is 0.304 e. The number of benzene rings is 2. The zero-order valence-corrected chi connectivity index (χ0v) is 17.0. The van der Waals surface area contributed by atoms with Crippen molar-refractivity contribution in [2.75, 3.05) is 0 Å². The lowest BCUT2D eigenvalue weighted by atomic mass is 9.83. The van der Waals surface area contributed by atoms with Crippen molar-refractivity contribution in [1.29, 1.82) is 0 Å². The minimum atomic E-state index is 0.750. The molecule has 0 spiro atoms. The topological polar surface area (TPSA) is 17.1 Å². The number of carbonyl (C=O) groups is 1. The number of allylic oxidation sites excluding steroid dienone is 3. The lowest BCUT2D eigenvalue weighted by Crippen LogP contribution is -2.04. The fourth-order valence-electron chi connectivity index (χ4n) is 3.94. The van der Waals surface area contributed by atoms with E-state index in [0.717, 1.165) is 12.2 Å². The molecule has 1 aliphatic carbocycles. The second-order valence-electron chi connectivity index (χ2n) is 7.31. The van der Waals surface area contributed by atoms with E-state index in [1.54, 1.807) is 0 Å². The Labute approximate surface area is 164 Å². The monoisotopic (exact) mass is 360 g/mol. The van der Waals surface area contributed by atoms with Crippen LogP contribution in [0.4, 0.5) is 0 Å². The number of carbonyl (C=O) groups excluding carboxylic acids is 1. The van der Waals surface area contributed by atoms with Crippen LogP contribution in [0.15, 0.2) is 61.2 Å². The molecule has 27 heavy (non-hydrogen) atoms. The van der Waals surface area contributed by atoms with E-state index >= 15 is 0 Å². The Bertz CT molecular complexity index is 774. The van der Waals surface area contributed by atoms with Gasteiger partial charge < -0.3 is 4.79 Å². The van der Waals surface area contributed by atoms with Crippen molar-refractivity contribution in [1.82, 2.24) is 0 Å². The number of hydrogen-bond acceptors (Lipinski definition) is 1. The Morgan fingerprint density at radius 1 is 1.00 bits per heavy atom. The van der Waals surface area contributed by atoms with Crippen LogP contribution in [0.2, 0.25) is 0 Å². The van der Waals surface area contributed by atoms with Crippen molar-refractivity contribution < 1.29 is 4.79 Å². The highest BCUT2D eigenvalue weighted by molar-refractivity contribution is 5.73. The lowest BCUT2D eigenvalue weighted by Gasteiger charge is -2.22. The molecule has 1 nitrogen and oxygen atoms in total. The molecule has 1 heteroatoms. The number of aryl methyl sites for hydroxylation is 1. The summed E-state index contributed by atoms with van der Waals surface area (Å²) in [6, 6.07) is 16.0. The normalized spacial score (nSPS) is 14.9. The third-order valence-electron chi connectivity index (χ3n) is 5.34. The van der Waals surface area contributed by atoms with E-state index in [1.807, 2.05) is 6.08 Å². The highest BCUT2D eigenvalue weighted by Crippen LogP contribution is 2.34. The van der Waals surface area contributed by atoms with Crippen LogP contribution in [0.5, 0.6) is 0 Å². The lowest BCUT2D eigenvalue weighted by molar-refractivity contribution is -0.106. The first-order chi connectivity index (χ1) is 13.1. The summed E-state index contributed by atoms with van der Waals surface area (Å²) in [6.45, 7) is 9.57. The molecule has 1 fully saturated rings. The minimum absolute atomic E-state index is 0.750. The van der Waals surface area contributed by atoms with E-state index in [9.17, 15) is 0 Å². The van der Waals surface area contributed by atoms with Gasteiger partial charge in [0.1, 0.15) is 6.29 Å². The van der Waals surface area contributed by atoms with E-state index in [0.29, 0.717) is 0 Å². The molecule has 0 unspecified atom stereocenters. The van der Waals surface area contributed by atoms with Gasteiger partial charge in [-0.15, -0.1) is 0 Å². The fourth-order valence-corrected chi connectivity index (χ4v) is 3.94. The summed E-state index contributed by atoms with van der Waals surface area (Å²) in [5, 5.41) is 0. The molecule has 0 amide bonds. The average Bonchev–Trinajstić information content (AvgIpc) is 2.69. The van der Waals surface area contributed by atoms with Crippen molar-refractivity contribution in [3.63, 3.8) is 0 Å². The molecular weight excluding hydrogens is 328 g/mol. The summed E-state index contributed by atoms with van der Waals surface area (Å²) in [5.41, 5.74) is 8.03. The standard InChI is InChI=1S/C24H28.C2H4O/c1-4-8-18(2)24-16-15-23(17-19(24)3)22-13-11-21(12-14-22)20-9-6-5-7-10-20;1-2-3/h4,8,11-17,20H,1,5-7,9-10H2,2-3H3;2H,1H3/b18-8-;. The summed E-state index contributed by atoms with van der Waals surface area (Å²) in [5.74, 6) is 0.781. The number of aldehydes is 1.